The molecule has 1 N–H and O–H groups in total. The van der Waals surface area contributed by atoms with Crippen LogP contribution in [0.1, 0.15) is 45.1 Å². The van der Waals surface area contributed by atoms with Gasteiger partial charge in [-0.2, -0.15) is 0 Å². The van der Waals surface area contributed by atoms with Crippen molar-refractivity contribution in [1.82, 2.24) is 5.32 Å². The molecular formula is C16H24NNaO3. The van der Waals surface area contributed by atoms with E-state index in [1.807, 2.05) is 30.3 Å². The van der Waals surface area contributed by atoms with Gasteiger partial charge in [-0.25, -0.2) is 4.79 Å². The zero-order valence-corrected chi connectivity index (χ0v) is 12.2. The Morgan fingerprint density at radius 3 is 2.48 bits per heavy atom. The Balaban J connectivity index is 0.00000400. The van der Waals surface area contributed by atoms with Gasteiger partial charge < -0.3 is 10.1 Å². The normalized spacial score (nSPS) is 11.1. The van der Waals surface area contributed by atoms with Gasteiger partial charge in [0, 0.05) is 6.54 Å². The van der Waals surface area contributed by atoms with Crippen LogP contribution in [0.2, 0.25) is 0 Å². The van der Waals surface area contributed by atoms with Crippen LogP contribution in [0, 0.1) is 5.92 Å². The summed E-state index contributed by atoms with van der Waals surface area (Å²) in [6.07, 6.45) is 3.27. The number of carbonyl (C=O) groups is 2. The van der Waals surface area contributed by atoms with E-state index in [0.29, 0.717) is 6.54 Å². The van der Waals surface area contributed by atoms with Crippen molar-refractivity contribution in [3.8, 4) is 0 Å². The molecule has 1 atom stereocenters. The summed E-state index contributed by atoms with van der Waals surface area (Å²) in [6.45, 7) is 4.26. The molecular weight excluding hydrogens is 277 g/mol. The van der Waals surface area contributed by atoms with E-state index in [2.05, 4.69) is 12.2 Å². The van der Waals surface area contributed by atoms with Crippen molar-refractivity contribution in [3.63, 3.8) is 0 Å². The quantitative estimate of drug-likeness (QED) is 0.364. The number of unbranched alkanes of at least 4 members (excludes halogenated alkanes) is 2. The summed E-state index contributed by atoms with van der Waals surface area (Å²) < 4.78 is 4.78. The fourth-order valence-corrected chi connectivity index (χ4v) is 1.82. The molecule has 0 saturated heterocycles. The van der Waals surface area contributed by atoms with Gasteiger partial charge >= 0.3 is 41.6 Å². The molecule has 4 nitrogen and oxygen atoms in total. The summed E-state index contributed by atoms with van der Waals surface area (Å²) in [7, 11) is 0. The minimum atomic E-state index is -0.679. The SMILES string of the molecule is CCCCCC(C)C(=O)OC(=O)NCc1ccccc1.[NaH]. The topological polar surface area (TPSA) is 55.4 Å². The summed E-state index contributed by atoms with van der Waals surface area (Å²) in [4.78, 5) is 23.2. The van der Waals surface area contributed by atoms with E-state index in [4.69, 9.17) is 4.74 Å². The van der Waals surface area contributed by atoms with Crippen molar-refractivity contribution < 1.29 is 14.3 Å². The molecule has 1 aromatic carbocycles. The molecule has 21 heavy (non-hydrogen) atoms. The number of alkyl carbamates (subject to hydrolysis) is 1. The van der Waals surface area contributed by atoms with Crippen LogP contribution in [0.5, 0.6) is 0 Å². The molecule has 0 aliphatic rings. The first-order valence-corrected chi connectivity index (χ1v) is 7.17. The number of rotatable bonds is 7. The van der Waals surface area contributed by atoms with E-state index >= 15 is 0 Å². The molecule has 0 spiro atoms. The monoisotopic (exact) mass is 301 g/mol. The van der Waals surface area contributed by atoms with Gasteiger partial charge in [0.15, 0.2) is 0 Å². The Morgan fingerprint density at radius 2 is 1.86 bits per heavy atom. The van der Waals surface area contributed by atoms with Crippen molar-refractivity contribution in [2.45, 2.75) is 46.1 Å². The number of ether oxygens (including phenoxy) is 1. The van der Waals surface area contributed by atoms with Crippen LogP contribution in [0.4, 0.5) is 4.79 Å². The van der Waals surface area contributed by atoms with Gasteiger partial charge in [-0.05, 0) is 12.0 Å². The zero-order valence-electron chi connectivity index (χ0n) is 12.2. The van der Waals surface area contributed by atoms with Crippen molar-refractivity contribution >= 4 is 41.6 Å². The number of esters is 1. The summed E-state index contributed by atoms with van der Waals surface area (Å²) in [5, 5.41) is 2.57. The zero-order chi connectivity index (χ0) is 14.8. The van der Waals surface area contributed by atoms with Crippen LogP contribution in [-0.2, 0) is 16.1 Å². The van der Waals surface area contributed by atoms with Crippen LogP contribution >= 0.6 is 0 Å². The van der Waals surface area contributed by atoms with Crippen molar-refractivity contribution in [2.75, 3.05) is 0 Å². The van der Waals surface area contributed by atoms with Gasteiger partial charge in [-0.3, -0.25) is 4.79 Å². The molecule has 1 aromatic rings. The number of amides is 1. The van der Waals surface area contributed by atoms with Crippen LogP contribution in [0.25, 0.3) is 0 Å². The maximum absolute atomic E-state index is 11.7. The summed E-state index contributed by atoms with van der Waals surface area (Å²) in [6, 6.07) is 9.49. The molecule has 0 aliphatic carbocycles. The van der Waals surface area contributed by atoms with Crippen LogP contribution < -0.4 is 5.32 Å². The average Bonchev–Trinajstić information content (AvgIpc) is 2.46. The third-order valence-electron chi connectivity index (χ3n) is 3.12. The Labute approximate surface area is 148 Å². The van der Waals surface area contributed by atoms with Crippen molar-refractivity contribution in [3.05, 3.63) is 35.9 Å². The van der Waals surface area contributed by atoms with Gasteiger partial charge in [0.25, 0.3) is 0 Å². The predicted molar refractivity (Wildman–Crippen MR) is 85.2 cm³/mol. The first kappa shape index (κ1) is 20.2. The van der Waals surface area contributed by atoms with E-state index < -0.39 is 12.1 Å². The van der Waals surface area contributed by atoms with Crippen LogP contribution in [-0.4, -0.2) is 41.6 Å². The molecule has 1 unspecified atom stereocenters. The van der Waals surface area contributed by atoms with Crippen LogP contribution in [0.15, 0.2) is 30.3 Å². The summed E-state index contributed by atoms with van der Waals surface area (Å²) in [5.41, 5.74) is 0.966. The van der Waals surface area contributed by atoms with E-state index in [9.17, 15) is 9.59 Å². The fourth-order valence-electron chi connectivity index (χ4n) is 1.82. The predicted octanol–water partition coefficient (Wildman–Crippen LogP) is 3.01. The Morgan fingerprint density at radius 1 is 1.19 bits per heavy atom. The van der Waals surface area contributed by atoms with Gasteiger partial charge in [-0.15, -0.1) is 0 Å². The number of nitrogens with one attached hydrogen (secondary N) is 1. The number of hydrogen-bond acceptors (Lipinski definition) is 3. The number of carbonyl (C=O) groups excluding carboxylic acids is 2. The number of hydrogen-bond donors (Lipinski definition) is 1. The second kappa shape index (κ2) is 11.8. The molecule has 0 saturated carbocycles. The van der Waals surface area contributed by atoms with E-state index in [0.717, 1.165) is 31.2 Å². The Hall–Kier alpha value is -0.840. The molecule has 1 amide bonds. The molecule has 0 heterocycles. The van der Waals surface area contributed by atoms with E-state index in [-0.39, 0.29) is 35.5 Å². The van der Waals surface area contributed by atoms with Gasteiger partial charge in [0.1, 0.15) is 0 Å². The van der Waals surface area contributed by atoms with Crippen molar-refractivity contribution in [2.24, 2.45) is 5.92 Å². The van der Waals surface area contributed by atoms with Gasteiger partial charge in [-0.1, -0.05) is 63.4 Å². The summed E-state index contributed by atoms with van der Waals surface area (Å²) in [5.74, 6) is -0.685. The second-order valence-electron chi connectivity index (χ2n) is 4.94. The third kappa shape index (κ3) is 8.91. The molecule has 0 aromatic heterocycles. The third-order valence-corrected chi connectivity index (χ3v) is 3.12. The molecule has 0 bridgehead atoms. The van der Waals surface area contributed by atoms with Crippen LogP contribution in [0.3, 0.4) is 0 Å². The molecule has 0 radical (unpaired) electrons. The molecule has 0 aliphatic heterocycles. The molecule has 0 fully saturated rings. The first-order chi connectivity index (χ1) is 9.63. The standard InChI is InChI=1S/C16H23NO3.Na.H/c1-3-4-6-9-13(2)15(18)20-16(19)17-12-14-10-7-5-8-11-14;;/h5,7-8,10-11,13H,3-4,6,9,12H2,1-2H3,(H,17,19);;. The van der Waals surface area contributed by atoms with Gasteiger partial charge in [0.2, 0.25) is 0 Å². The average molecular weight is 301 g/mol. The molecule has 112 valence electrons. The Bertz CT molecular complexity index is 423. The second-order valence-corrected chi connectivity index (χ2v) is 4.94. The maximum atomic E-state index is 11.7. The molecule has 1 rings (SSSR count). The first-order valence-electron chi connectivity index (χ1n) is 7.17. The summed E-state index contributed by atoms with van der Waals surface area (Å²) >= 11 is 0. The minimum absolute atomic E-state index is 0. The number of benzene rings is 1. The van der Waals surface area contributed by atoms with E-state index in [1.54, 1.807) is 6.92 Å². The fraction of sp³-hybridized carbons (Fsp3) is 0.500. The van der Waals surface area contributed by atoms with Crippen molar-refractivity contribution in [1.29, 1.82) is 0 Å². The van der Waals surface area contributed by atoms with E-state index in [1.165, 1.54) is 0 Å². The Kier molecular flexibility index (Phi) is 11.3. The van der Waals surface area contributed by atoms with Gasteiger partial charge in [0.05, 0.1) is 5.92 Å². The molecule has 5 heteroatoms.